The van der Waals surface area contributed by atoms with Gasteiger partial charge in [-0.15, -0.1) is 0 Å². The molecule has 0 amide bonds. The van der Waals surface area contributed by atoms with Gasteiger partial charge in [-0.05, 0) is 12.5 Å². The minimum Gasteiger partial charge on any atom is -0.326 e. The summed E-state index contributed by atoms with van der Waals surface area (Å²) < 4.78 is 0. The fraction of sp³-hybridized carbons (Fsp3) is 0.455. The van der Waals surface area contributed by atoms with Gasteiger partial charge >= 0.3 is 0 Å². The van der Waals surface area contributed by atoms with Gasteiger partial charge in [0, 0.05) is 25.0 Å². The van der Waals surface area contributed by atoms with Crippen molar-refractivity contribution < 1.29 is 0 Å². The molecule has 1 fully saturated rings. The van der Waals surface area contributed by atoms with Crippen LogP contribution in [0.1, 0.15) is 17.0 Å². The third kappa shape index (κ3) is 1.74. The summed E-state index contributed by atoms with van der Waals surface area (Å²) in [4.78, 5) is 0. The molecular formula is C11H16N2. The lowest BCUT2D eigenvalue weighted by atomic mass is 9.94. The standard InChI is InChI=1S/C11H16N2/c1-8-3-2-4-9(5-8)10-6-13-7-11(10)12/h2-5,10-11,13H,6-7,12H2,1H3. The van der Waals surface area contributed by atoms with E-state index in [-0.39, 0.29) is 6.04 Å². The van der Waals surface area contributed by atoms with Gasteiger partial charge in [0.15, 0.2) is 0 Å². The summed E-state index contributed by atoms with van der Waals surface area (Å²) in [5.41, 5.74) is 8.69. The van der Waals surface area contributed by atoms with Crippen molar-refractivity contribution in [1.29, 1.82) is 0 Å². The Hall–Kier alpha value is -0.860. The first kappa shape index (κ1) is 8.73. The predicted molar refractivity (Wildman–Crippen MR) is 54.8 cm³/mol. The van der Waals surface area contributed by atoms with Crippen LogP contribution in [0.5, 0.6) is 0 Å². The molecule has 2 unspecified atom stereocenters. The molecule has 0 aliphatic carbocycles. The van der Waals surface area contributed by atoms with Crippen LogP contribution in [0.15, 0.2) is 24.3 Å². The van der Waals surface area contributed by atoms with E-state index in [4.69, 9.17) is 5.73 Å². The molecule has 13 heavy (non-hydrogen) atoms. The quantitative estimate of drug-likeness (QED) is 0.670. The van der Waals surface area contributed by atoms with Crippen LogP contribution in [0.3, 0.4) is 0 Å². The SMILES string of the molecule is Cc1cccc(C2CNCC2N)c1. The highest BCUT2D eigenvalue weighted by atomic mass is 15.0. The Labute approximate surface area is 79.1 Å². The fourth-order valence-electron chi connectivity index (χ4n) is 1.96. The zero-order valence-corrected chi connectivity index (χ0v) is 7.96. The van der Waals surface area contributed by atoms with Crippen LogP contribution in [0.25, 0.3) is 0 Å². The van der Waals surface area contributed by atoms with Crippen molar-refractivity contribution in [1.82, 2.24) is 5.32 Å². The highest BCUT2D eigenvalue weighted by molar-refractivity contribution is 5.28. The molecule has 1 aromatic rings. The van der Waals surface area contributed by atoms with Crippen LogP contribution in [0, 0.1) is 6.92 Å². The molecule has 70 valence electrons. The first-order chi connectivity index (χ1) is 6.27. The lowest BCUT2D eigenvalue weighted by molar-refractivity contribution is 0.653. The van der Waals surface area contributed by atoms with Crippen LogP contribution in [-0.2, 0) is 0 Å². The second-order valence-electron chi connectivity index (χ2n) is 3.84. The molecule has 0 radical (unpaired) electrons. The van der Waals surface area contributed by atoms with Crippen molar-refractivity contribution in [3.8, 4) is 0 Å². The Kier molecular flexibility index (Phi) is 2.34. The summed E-state index contributed by atoms with van der Waals surface area (Å²) in [5.74, 6) is 0.500. The van der Waals surface area contributed by atoms with Crippen molar-refractivity contribution in [3.05, 3.63) is 35.4 Å². The monoisotopic (exact) mass is 176 g/mol. The van der Waals surface area contributed by atoms with Crippen molar-refractivity contribution >= 4 is 0 Å². The lowest BCUT2D eigenvalue weighted by Gasteiger charge is -2.14. The Morgan fingerprint density at radius 1 is 1.38 bits per heavy atom. The summed E-state index contributed by atoms with van der Waals surface area (Å²) in [6, 6.07) is 8.91. The molecule has 2 heteroatoms. The number of hydrogen-bond donors (Lipinski definition) is 2. The molecule has 2 rings (SSSR count). The predicted octanol–water partition coefficient (Wildman–Crippen LogP) is 1.01. The van der Waals surface area contributed by atoms with Gasteiger partial charge < -0.3 is 11.1 Å². The van der Waals surface area contributed by atoms with Gasteiger partial charge in [0.05, 0.1) is 0 Å². The van der Waals surface area contributed by atoms with Gasteiger partial charge in [-0.1, -0.05) is 29.8 Å². The van der Waals surface area contributed by atoms with Crippen molar-refractivity contribution in [2.75, 3.05) is 13.1 Å². The van der Waals surface area contributed by atoms with E-state index in [9.17, 15) is 0 Å². The normalized spacial score (nSPS) is 27.8. The van der Waals surface area contributed by atoms with E-state index in [1.54, 1.807) is 0 Å². The van der Waals surface area contributed by atoms with E-state index >= 15 is 0 Å². The summed E-state index contributed by atoms with van der Waals surface area (Å²) >= 11 is 0. The molecule has 0 spiro atoms. The summed E-state index contributed by atoms with van der Waals surface area (Å²) in [5, 5.41) is 3.32. The lowest BCUT2D eigenvalue weighted by Crippen LogP contribution is -2.27. The molecule has 3 N–H and O–H groups in total. The molecule has 2 atom stereocenters. The maximum absolute atomic E-state index is 6.00. The van der Waals surface area contributed by atoms with Gasteiger partial charge in [0.2, 0.25) is 0 Å². The summed E-state index contributed by atoms with van der Waals surface area (Å²) in [7, 11) is 0. The molecule has 0 saturated carbocycles. The second kappa shape index (κ2) is 3.48. The average Bonchev–Trinajstić information content (AvgIpc) is 2.51. The van der Waals surface area contributed by atoms with Gasteiger partial charge in [0.1, 0.15) is 0 Å². The highest BCUT2D eigenvalue weighted by Crippen LogP contribution is 2.21. The number of rotatable bonds is 1. The first-order valence-electron chi connectivity index (χ1n) is 4.80. The molecule has 1 aliphatic rings. The van der Waals surface area contributed by atoms with Crippen molar-refractivity contribution in [2.24, 2.45) is 5.73 Å². The number of hydrogen-bond acceptors (Lipinski definition) is 2. The van der Waals surface area contributed by atoms with E-state index in [0.717, 1.165) is 13.1 Å². The van der Waals surface area contributed by atoms with Gasteiger partial charge in [-0.25, -0.2) is 0 Å². The Morgan fingerprint density at radius 2 is 2.23 bits per heavy atom. The van der Waals surface area contributed by atoms with Crippen LogP contribution in [0.2, 0.25) is 0 Å². The third-order valence-electron chi connectivity index (χ3n) is 2.73. The van der Waals surface area contributed by atoms with Crippen LogP contribution < -0.4 is 11.1 Å². The topological polar surface area (TPSA) is 38.0 Å². The largest absolute Gasteiger partial charge is 0.326 e. The molecule has 1 heterocycles. The molecule has 2 nitrogen and oxygen atoms in total. The van der Waals surface area contributed by atoms with Crippen molar-refractivity contribution in [3.63, 3.8) is 0 Å². The molecule has 0 aromatic heterocycles. The van der Waals surface area contributed by atoms with Gasteiger partial charge in [-0.3, -0.25) is 0 Å². The Morgan fingerprint density at radius 3 is 2.85 bits per heavy atom. The molecular weight excluding hydrogens is 160 g/mol. The highest BCUT2D eigenvalue weighted by Gasteiger charge is 2.24. The van der Waals surface area contributed by atoms with Crippen molar-refractivity contribution in [2.45, 2.75) is 18.9 Å². The van der Waals surface area contributed by atoms with E-state index in [2.05, 4.69) is 36.5 Å². The molecule has 1 aromatic carbocycles. The molecule has 1 aliphatic heterocycles. The zero-order valence-electron chi connectivity index (χ0n) is 7.96. The minimum atomic E-state index is 0.279. The van der Waals surface area contributed by atoms with E-state index in [1.807, 2.05) is 0 Å². The maximum atomic E-state index is 6.00. The number of benzene rings is 1. The number of aryl methyl sites for hydroxylation is 1. The zero-order chi connectivity index (χ0) is 9.26. The van der Waals surface area contributed by atoms with E-state index in [0.29, 0.717) is 5.92 Å². The smallest absolute Gasteiger partial charge is 0.0247 e. The van der Waals surface area contributed by atoms with Crippen LogP contribution in [-0.4, -0.2) is 19.1 Å². The average molecular weight is 176 g/mol. The second-order valence-corrected chi connectivity index (χ2v) is 3.84. The third-order valence-corrected chi connectivity index (χ3v) is 2.73. The van der Waals surface area contributed by atoms with E-state index < -0.39 is 0 Å². The van der Waals surface area contributed by atoms with Crippen LogP contribution >= 0.6 is 0 Å². The number of nitrogens with two attached hydrogens (primary N) is 1. The Bertz CT molecular complexity index is 296. The van der Waals surface area contributed by atoms with Gasteiger partial charge in [0.25, 0.3) is 0 Å². The summed E-state index contributed by atoms with van der Waals surface area (Å²) in [6.45, 7) is 4.08. The van der Waals surface area contributed by atoms with Gasteiger partial charge in [-0.2, -0.15) is 0 Å². The summed E-state index contributed by atoms with van der Waals surface area (Å²) in [6.07, 6.45) is 0. The minimum absolute atomic E-state index is 0.279. The van der Waals surface area contributed by atoms with Crippen LogP contribution in [0.4, 0.5) is 0 Å². The fourth-order valence-corrected chi connectivity index (χ4v) is 1.96. The Balaban J connectivity index is 2.24. The number of nitrogens with one attached hydrogen (secondary N) is 1. The van der Waals surface area contributed by atoms with E-state index in [1.165, 1.54) is 11.1 Å². The first-order valence-corrected chi connectivity index (χ1v) is 4.80. The maximum Gasteiger partial charge on any atom is 0.0247 e. The molecule has 1 saturated heterocycles. The molecule has 0 bridgehead atoms.